The number of ketones is 1. The molecule has 33 heavy (non-hydrogen) atoms. The summed E-state index contributed by atoms with van der Waals surface area (Å²) in [4.78, 5) is 27.0. The molecule has 2 heterocycles. The molecule has 2 aromatic heterocycles. The molecule has 4 aromatic rings. The van der Waals surface area contributed by atoms with Crippen molar-refractivity contribution in [2.24, 2.45) is 0 Å². The number of hydrogen-bond donors (Lipinski definition) is 1. The Balaban J connectivity index is 1.75. The van der Waals surface area contributed by atoms with Gasteiger partial charge in [-0.1, -0.05) is 48.5 Å². The second kappa shape index (κ2) is 9.61. The summed E-state index contributed by atoms with van der Waals surface area (Å²) in [5, 5.41) is 0. The molecule has 0 unspecified atom stereocenters. The Bertz CT molecular complexity index is 1280. The fourth-order valence-electron chi connectivity index (χ4n) is 3.90. The highest BCUT2D eigenvalue weighted by Gasteiger charge is 2.20. The second-order valence-electron chi connectivity index (χ2n) is 7.89. The van der Waals surface area contributed by atoms with Crippen molar-refractivity contribution >= 4 is 11.6 Å². The van der Waals surface area contributed by atoms with Gasteiger partial charge in [-0.2, -0.15) is 0 Å². The van der Waals surface area contributed by atoms with Crippen molar-refractivity contribution < 1.29 is 9.53 Å². The molecule has 0 spiro atoms. The van der Waals surface area contributed by atoms with Crippen LogP contribution >= 0.6 is 0 Å². The number of anilines is 1. The summed E-state index contributed by atoms with van der Waals surface area (Å²) < 4.78 is 5.40. The number of benzene rings is 2. The number of Topliss-reactive ketones (excluding diaryl/α,β-unsaturated/α-hetero) is 1. The molecule has 166 valence electrons. The third kappa shape index (κ3) is 4.90. The zero-order valence-electron chi connectivity index (χ0n) is 19.0. The number of methoxy groups -OCH3 is 1. The number of nitrogens with zero attached hydrogens (tertiary/aromatic N) is 3. The van der Waals surface area contributed by atoms with Crippen molar-refractivity contribution in [1.82, 2.24) is 15.0 Å². The minimum Gasteiger partial charge on any atom is -0.496 e. The average molecular weight is 439 g/mol. The number of pyridine rings is 1. The topological polar surface area (TPSA) is 91.0 Å². The summed E-state index contributed by atoms with van der Waals surface area (Å²) in [6, 6.07) is 21.3. The average Bonchev–Trinajstić information content (AvgIpc) is 2.82. The molecule has 6 heteroatoms. The van der Waals surface area contributed by atoms with E-state index in [2.05, 4.69) is 9.97 Å². The molecule has 6 nitrogen and oxygen atoms in total. The van der Waals surface area contributed by atoms with E-state index in [-0.39, 0.29) is 23.7 Å². The molecule has 0 aliphatic rings. The van der Waals surface area contributed by atoms with Crippen LogP contribution in [-0.4, -0.2) is 27.8 Å². The maximum absolute atomic E-state index is 13.2. The molecular formula is C27H26N4O2. The summed E-state index contributed by atoms with van der Waals surface area (Å²) in [7, 11) is 1.62. The fourth-order valence-corrected chi connectivity index (χ4v) is 3.90. The lowest BCUT2D eigenvalue weighted by Gasteiger charge is -2.14. The summed E-state index contributed by atoms with van der Waals surface area (Å²) in [6.07, 6.45) is 0.769. The van der Waals surface area contributed by atoms with E-state index < -0.39 is 0 Å². The highest BCUT2D eigenvalue weighted by Crippen LogP contribution is 2.32. The Kier molecular flexibility index (Phi) is 6.45. The third-order valence-corrected chi connectivity index (χ3v) is 5.40. The van der Waals surface area contributed by atoms with E-state index in [1.165, 1.54) is 0 Å². The SMILES string of the molecule is COc1ccccc1CCC(=O)c1nc(-c2cc(C)nc(C)c2)c(-c2ccccc2)nc1N. The zero-order valence-corrected chi connectivity index (χ0v) is 19.0. The maximum Gasteiger partial charge on any atom is 0.185 e. The minimum atomic E-state index is -0.158. The van der Waals surface area contributed by atoms with Crippen molar-refractivity contribution in [1.29, 1.82) is 0 Å². The van der Waals surface area contributed by atoms with Crippen LogP contribution in [0.5, 0.6) is 5.75 Å². The van der Waals surface area contributed by atoms with E-state index in [0.29, 0.717) is 17.8 Å². The largest absolute Gasteiger partial charge is 0.496 e. The highest BCUT2D eigenvalue weighted by atomic mass is 16.5. The Labute approximate surface area is 193 Å². The first-order chi connectivity index (χ1) is 16.0. The number of carbonyl (C=O) groups is 1. The Morgan fingerprint density at radius 3 is 2.18 bits per heavy atom. The van der Waals surface area contributed by atoms with E-state index in [0.717, 1.165) is 33.8 Å². The monoisotopic (exact) mass is 438 g/mol. The van der Waals surface area contributed by atoms with Gasteiger partial charge in [-0.3, -0.25) is 9.78 Å². The zero-order chi connectivity index (χ0) is 23.4. The molecule has 2 N–H and O–H groups in total. The highest BCUT2D eigenvalue weighted by molar-refractivity contribution is 5.99. The van der Waals surface area contributed by atoms with Crippen molar-refractivity contribution in [3.8, 4) is 28.3 Å². The van der Waals surface area contributed by atoms with Gasteiger partial charge in [-0.05, 0) is 44.0 Å². The van der Waals surface area contributed by atoms with Gasteiger partial charge in [-0.15, -0.1) is 0 Å². The number of rotatable bonds is 7. The molecular weight excluding hydrogens is 412 g/mol. The van der Waals surface area contributed by atoms with Crippen LogP contribution in [0.15, 0.2) is 66.7 Å². The lowest BCUT2D eigenvalue weighted by molar-refractivity contribution is 0.0978. The van der Waals surface area contributed by atoms with E-state index in [4.69, 9.17) is 15.5 Å². The standard InChI is InChI=1S/C27H26N4O2/c1-17-15-21(16-18(2)29-17)25-24(20-10-5-4-6-11-20)31-27(28)26(30-25)22(32)14-13-19-9-7-8-12-23(19)33-3/h4-12,15-16H,13-14H2,1-3H3,(H2,28,31). The number of nitrogen functional groups attached to an aromatic ring is 1. The number of para-hydroxylation sites is 1. The summed E-state index contributed by atoms with van der Waals surface area (Å²) >= 11 is 0. The van der Waals surface area contributed by atoms with Crippen molar-refractivity contribution in [2.75, 3.05) is 12.8 Å². The molecule has 0 atom stereocenters. The second-order valence-corrected chi connectivity index (χ2v) is 7.89. The van der Waals surface area contributed by atoms with Crippen LogP contribution in [0.3, 0.4) is 0 Å². The van der Waals surface area contributed by atoms with Gasteiger partial charge in [0.2, 0.25) is 0 Å². The molecule has 0 saturated heterocycles. The summed E-state index contributed by atoms with van der Waals surface area (Å²) in [6.45, 7) is 3.87. The van der Waals surface area contributed by atoms with Crippen LogP contribution in [0, 0.1) is 13.8 Å². The van der Waals surface area contributed by atoms with E-state index in [1.807, 2.05) is 80.6 Å². The van der Waals surface area contributed by atoms with Gasteiger partial charge in [0.05, 0.1) is 18.5 Å². The number of carbonyl (C=O) groups excluding carboxylic acids is 1. The smallest absolute Gasteiger partial charge is 0.185 e. The van der Waals surface area contributed by atoms with E-state index >= 15 is 0 Å². The lowest BCUT2D eigenvalue weighted by Crippen LogP contribution is -2.12. The fraction of sp³-hybridized carbons (Fsp3) is 0.185. The third-order valence-electron chi connectivity index (χ3n) is 5.40. The van der Waals surface area contributed by atoms with Crippen LogP contribution in [-0.2, 0) is 6.42 Å². The van der Waals surface area contributed by atoms with E-state index in [1.54, 1.807) is 7.11 Å². The minimum absolute atomic E-state index is 0.130. The van der Waals surface area contributed by atoms with Gasteiger partial charge < -0.3 is 10.5 Å². The first-order valence-corrected chi connectivity index (χ1v) is 10.8. The molecule has 2 aromatic carbocycles. The molecule has 0 bridgehead atoms. The number of aromatic nitrogens is 3. The molecule has 0 aliphatic carbocycles. The molecule has 0 aliphatic heterocycles. The van der Waals surface area contributed by atoms with Crippen molar-refractivity contribution in [2.45, 2.75) is 26.7 Å². The van der Waals surface area contributed by atoms with Crippen molar-refractivity contribution in [3.63, 3.8) is 0 Å². The molecule has 0 saturated carbocycles. The summed E-state index contributed by atoms with van der Waals surface area (Å²) in [5.41, 5.74) is 12.1. The first kappa shape index (κ1) is 22.1. The molecule has 4 rings (SSSR count). The Morgan fingerprint density at radius 1 is 0.848 bits per heavy atom. The molecule has 0 fully saturated rings. The summed E-state index contributed by atoms with van der Waals surface area (Å²) in [5.74, 6) is 0.728. The number of aryl methyl sites for hydroxylation is 3. The number of nitrogens with two attached hydrogens (primary N) is 1. The van der Waals surface area contributed by atoms with Crippen LogP contribution in [0.25, 0.3) is 22.5 Å². The van der Waals surface area contributed by atoms with Crippen LogP contribution in [0.1, 0.15) is 33.9 Å². The Hall–Kier alpha value is -4.06. The quantitative estimate of drug-likeness (QED) is 0.397. The lowest BCUT2D eigenvalue weighted by atomic mass is 10.0. The van der Waals surface area contributed by atoms with Gasteiger partial charge >= 0.3 is 0 Å². The maximum atomic E-state index is 13.2. The van der Waals surface area contributed by atoms with Gasteiger partial charge in [0.1, 0.15) is 11.4 Å². The first-order valence-electron chi connectivity index (χ1n) is 10.8. The number of ether oxygens (including phenoxy) is 1. The van der Waals surface area contributed by atoms with Gasteiger partial charge in [0.25, 0.3) is 0 Å². The van der Waals surface area contributed by atoms with Crippen LogP contribution < -0.4 is 10.5 Å². The van der Waals surface area contributed by atoms with Gasteiger partial charge in [-0.25, -0.2) is 9.97 Å². The Morgan fingerprint density at radius 2 is 1.48 bits per heavy atom. The molecule has 0 amide bonds. The molecule has 0 radical (unpaired) electrons. The van der Waals surface area contributed by atoms with Gasteiger partial charge in [0, 0.05) is 28.9 Å². The van der Waals surface area contributed by atoms with Crippen LogP contribution in [0.4, 0.5) is 5.82 Å². The van der Waals surface area contributed by atoms with E-state index in [9.17, 15) is 4.79 Å². The predicted octanol–water partition coefficient (Wildman–Crippen LogP) is 5.23. The van der Waals surface area contributed by atoms with Crippen molar-refractivity contribution in [3.05, 3.63) is 89.4 Å². The normalized spacial score (nSPS) is 10.8. The number of hydrogen-bond acceptors (Lipinski definition) is 6. The predicted molar refractivity (Wildman–Crippen MR) is 130 cm³/mol. The van der Waals surface area contributed by atoms with Gasteiger partial charge in [0.15, 0.2) is 11.6 Å². The van der Waals surface area contributed by atoms with Crippen LogP contribution in [0.2, 0.25) is 0 Å².